The molecule has 0 aliphatic heterocycles. The van der Waals surface area contributed by atoms with Gasteiger partial charge in [-0.25, -0.2) is 8.42 Å². The van der Waals surface area contributed by atoms with Crippen LogP contribution in [0.5, 0.6) is 11.6 Å². The summed E-state index contributed by atoms with van der Waals surface area (Å²) in [7, 11) is -3.69. The van der Waals surface area contributed by atoms with Gasteiger partial charge in [0.15, 0.2) is 11.4 Å². The highest BCUT2D eigenvalue weighted by atomic mass is 32.2. The third kappa shape index (κ3) is 4.30. The number of ether oxygens (including phenoxy) is 1. The van der Waals surface area contributed by atoms with Crippen molar-refractivity contribution in [3.05, 3.63) is 90.9 Å². The lowest BCUT2D eigenvalue weighted by atomic mass is 10.2. The Morgan fingerprint density at radius 2 is 1.69 bits per heavy atom. The molecule has 160 valence electrons. The van der Waals surface area contributed by atoms with Crippen LogP contribution in [0.2, 0.25) is 0 Å². The summed E-state index contributed by atoms with van der Waals surface area (Å²) in [5, 5.41) is 12.7. The largest absolute Gasteiger partial charge is 0.438 e. The molecule has 5 aromatic rings. The lowest BCUT2D eigenvalue weighted by Crippen LogP contribution is -2.15. The minimum atomic E-state index is -3.69. The molecule has 0 radical (unpaired) electrons. The molecule has 0 bridgehead atoms. The Morgan fingerprint density at radius 1 is 0.906 bits per heavy atom. The van der Waals surface area contributed by atoms with E-state index in [0.29, 0.717) is 39.8 Å². The zero-order valence-corrected chi connectivity index (χ0v) is 17.4. The Bertz CT molecular complexity index is 1440. The average Bonchev–Trinajstić information content (AvgIpc) is 3.46. The van der Waals surface area contributed by atoms with Gasteiger partial charge in [-0.3, -0.25) is 4.72 Å². The molecule has 3 heterocycles. The third-order valence-corrected chi connectivity index (χ3v) is 5.82. The number of nitrogens with one attached hydrogen (secondary N) is 1. The second-order valence-electron chi connectivity index (χ2n) is 6.93. The van der Waals surface area contributed by atoms with Gasteiger partial charge in [-0.15, -0.1) is 10.2 Å². The van der Waals surface area contributed by atoms with Gasteiger partial charge in [0.05, 0.1) is 0 Å². The zero-order valence-electron chi connectivity index (χ0n) is 16.6. The summed E-state index contributed by atoms with van der Waals surface area (Å²) in [4.78, 5) is 0. The van der Waals surface area contributed by atoms with Crippen LogP contribution in [0.25, 0.3) is 16.8 Å². The summed E-state index contributed by atoms with van der Waals surface area (Å²) in [6.07, 6.45) is 3.74. The van der Waals surface area contributed by atoms with E-state index in [-0.39, 0.29) is 5.75 Å². The topological polar surface area (TPSA) is 112 Å². The van der Waals surface area contributed by atoms with Gasteiger partial charge in [-0.1, -0.05) is 17.3 Å². The molecule has 5 rings (SSSR count). The van der Waals surface area contributed by atoms with E-state index in [0.717, 1.165) is 0 Å². The Hall–Kier alpha value is -4.18. The maximum Gasteiger partial charge on any atom is 0.238 e. The van der Waals surface area contributed by atoms with Crippen LogP contribution in [-0.4, -0.2) is 28.3 Å². The molecule has 0 aliphatic carbocycles. The van der Waals surface area contributed by atoms with E-state index in [1.54, 1.807) is 60.7 Å². The van der Waals surface area contributed by atoms with Crippen molar-refractivity contribution in [2.75, 3.05) is 4.72 Å². The van der Waals surface area contributed by atoms with Crippen LogP contribution in [-0.2, 0) is 15.8 Å². The summed E-state index contributed by atoms with van der Waals surface area (Å²) < 4.78 is 40.4. The van der Waals surface area contributed by atoms with Crippen molar-refractivity contribution in [1.82, 2.24) is 19.9 Å². The van der Waals surface area contributed by atoms with Gasteiger partial charge in [0.1, 0.15) is 17.2 Å². The smallest absolute Gasteiger partial charge is 0.238 e. The van der Waals surface area contributed by atoms with Crippen LogP contribution >= 0.6 is 0 Å². The first kappa shape index (κ1) is 19.8. The SMILES string of the molecule is O=S(=O)(Cc1noc2ccccc12)Nc1ccc(Oc2ccc(-n3cccc3)nn2)cc1. The van der Waals surface area contributed by atoms with Crippen LogP contribution in [0, 0.1) is 0 Å². The van der Waals surface area contributed by atoms with Crippen molar-refractivity contribution in [2.24, 2.45) is 0 Å². The van der Waals surface area contributed by atoms with Crippen LogP contribution < -0.4 is 9.46 Å². The number of hydrogen-bond donors (Lipinski definition) is 1. The highest BCUT2D eigenvalue weighted by Crippen LogP contribution is 2.24. The van der Waals surface area contributed by atoms with E-state index in [1.165, 1.54) is 0 Å². The summed E-state index contributed by atoms with van der Waals surface area (Å²) >= 11 is 0. The molecule has 0 saturated heterocycles. The second-order valence-corrected chi connectivity index (χ2v) is 8.66. The summed E-state index contributed by atoms with van der Waals surface area (Å²) in [6, 6.07) is 20.9. The normalized spacial score (nSPS) is 11.5. The number of fused-ring (bicyclic) bond motifs is 1. The zero-order chi connectivity index (χ0) is 22.0. The Kier molecular flexibility index (Phi) is 5.04. The van der Waals surface area contributed by atoms with Crippen molar-refractivity contribution < 1.29 is 17.7 Å². The van der Waals surface area contributed by atoms with Gasteiger partial charge in [0.2, 0.25) is 15.9 Å². The fraction of sp³-hybridized carbons (Fsp3) is 0.0455. The highest BCUT2D eigenvalue weighted by molar-refractivity contribution is 7.91. The summed E-state index contributed by atoms with van der Waals surface area (Å²) in [6.45, 7) is 0. The van der Waals surface area contributed by atoms with Gasteiger partial charge < -0.3 is 13.8 Å². The molecule has 10 heteroatoms. The number of sulfonamides is 1. The van der Waals surface area contributed by atoms with Gasteiger partial charge in [-0.05, 0) is 54.6 Å². The molecular weight excluding hydrogens is 430 g/mol. The Morgan fingerprint density at radius 3 is 2.44 bits per heavy atom. The summed E-state index contributed by atoms with van der Waals surface area (Å²) in [5.74, 6) is 1.20. The second kappa shape index (κ2) is 8.16. The molecule has 0 amide bonds. The minimum Gasteiger partial charge on any atom is -0.438 e. The lowest BCUT2D eigenvalue weighted by molar-refractivity contribution is 0.448. The number of anilines is 1. The Labute approximate surface area is 183 Å². The van der Waals surface area contributed by atoms with Crippen molar-refractivity contribution in [1.29, 1.82) is 0 Å². The molecule has 0 fully saturated rings. The molecular formula is C22H17N5O4S. The van der Waals surface area contributed by atoms with Crippen LogP contribution in [0.15, 0.2) is 89.7 Å². The molecule has 0 atom stereocenters. The minimum absolute atomic E-state index is 0.300. The molecule has 0 aliphatic rings. The van der Waals surface area contributed by atoms with Crippen LogP contribution in [0.4, 0.5) is 5.69 Å². The van der Waals surface area contributed by atoms with Crippen LogP contribution in [0.1, 0.15) is 5.69 Å². The predicted octanol–water partition coefficient (Wildman–Crippen LogP) is 4.14. The van der Waals surface area contributed by atoms with E-state index < -0.39 is 10.0 Å². The number of hydrogen-bond acceptors (Lipinski definition) is 7. The van der Waals surface area contributed by atoms with E-state index in [2.05, 4.69) is 20.1 Å². The standard InChI is InChI=1S/C22H17N5O4S/c28-32(29,15-19-18-5-1-2-6-20(18)31-25-19)26-16-7-9-17(10-8-16)30-22-12-11-21(23-24-22)27-13-3-4-14-27/h1-14,26H,15H2. The van der Waals surface area contributed by atoms with E-state index in [1.807, 2.05) is 29.1 Å². The average molecular weight is 447 g/mol. The first-order chi connectivity index (χ1) is 15.6. The van der Waals surface area contributed by atoms with E-state index in [9.17, 15) is 8.42 Å². The number of para-hydroxylation sites is 1. The molecule has 2 aromatic carbocycles. The van der Waals surface area contributed by atoms with Crippen LogP contribution in [0.3, 0.4) is 0 Å². The fourth-order valence-electron chi connectivity index (χ4n) is 3.14. The van der Waals surface area contributed by atoms with Crippen molar-refractivity contribution in [3.63, 3.8) is 0 Å². The van der Waals surface area contributed by atoms with Gasteiger partial charge in [-0.2, -0.15) is 0 Å². The third-order valence-electron chi connectivity index (χ3n) is 4.62. The molecule has 0 unspecified atom stereocenters. The lowest BCUT2D eigenvalue weighted by Gasteiger charge is -2.09. The molecule has 0 spiro atoms. The monoisotopic (exact) mass is 447 g/mol. The van der Waals surface area contributed by atoms with Crippen molar-refractivity contribution >= 4 is 26.7 Å². The number of nitrogens with zero attached hydrogens (tertiary/aromatic N) is 4. The summed E-state index contributed by atoms with van der Waals surface area (Å²) in [5.41, 5.74) is 1.30. The molecule has 0 saturated carbocycles. The maximum atomic E-state index is 12.6. The van der Waals surface area contributed by atoms with Gasteiger partial charge in [0, 0.05) is 29.5 Å². The molecule has 3 aromatic heterocycles. The molecule has 1 N–H and O–H groups in total. The quantitative estimate of drug-likeness (QED) is 0.399. The fourth-order valence-corrected chi connectivity index (χ4v) is 4.28. The van der Waals surface area contributed by atoms with Gasteiger partial charge in [0.25, 0.3) is 0 Å². The first-order valence-corrected chi connectivity index (χ1v) is 11.3. The predicted molar refractivity (Wildman–Crippen MR) is 118 cm³/mol. The van der Waals surface area contributed by atoms with Crippen molar-refractivity contribution in [2.45, 2.75) is 5.75 Å². The van der Waals surface area contributed by atoms with E-state index >= 15 is 0 Å². The molecule has 32 heavy (non-hydrogen) atoms. The van der Waals surface area contributed by atoms with Crippen molar-refractivity contribution in [3.8, 4) is 17.4 Å². The first-order valence-electron chi connectivity index (χ1n) is 9.64. The van der Waals surface area contributed by atoms with Gasteiger partial charge >= 0.3 is 0 Å². The van der Waals surface area contributed by atoms with E-state index in [4.69, 9.17) is 9.26 Å². The number of benzene rings is 2. The Balaban J connectivity index is 1.24. The molecule has 9 nitrogen and oxygen atoms in total. The number of aromatic nitrogens is 4. The number of rotatable bonds is 7. The maximum absolute atomic E-state index is 12.6. The highest BCUT2D eigenvalue weighted by Gasteiger charge is 2.17.